The van der Waals surface area contributed by atoms with E-state index in [1.807, 2.05) is 6.92 Å². The van der Waals surface area contributed by atoms with Crippen molar-refractivity contribution < 1.29 is 9.18 Å². The maximum absolute atomic E-state index is 13.8. The number of halogens is 1. The number of hydrogen-bond acceptors (Lipinski definition) is 1. The number of carbonyl (C=O) groups excluding carboxylic acids is 1. The van der Waals surface area contributed by atoms with Gasteiger partial charge in [-0.15, -0.1) is 0 Å². The maximum Gasteiger partial charge on any atom is 0.256 e. The Balaban J connectivity index is 2.90. The number of nitrogens with zero attached hydrogens (tertiary/aromatic N) is 1. The molecule has 0 spiro atoms. The van der Waals surface area contributed by atoms with Crippen molar-refractivity contribution in [3.63, 3.8) is 0 Å². The molecule has 0 aliphatic rings. The summed E-state index contributed by atoms with van der Waals surface area (Å²) in [5.41, 5.74) is 0.699. The van der Waals surface area contributed by atoms with Gasteiger partial charge in [-0.3, -0.25) is 4.79 Å². The standard InChI is InChI=1S/C14H20FNO/c1-4-6-10-16(5-2)14(17)12-9-7-8-11(3)13(12)15/h7-9H,4-6,10H2,1-3H3. The molecule has 0 unspecified atom stereocenters. The number of benzene rings is 1. The zero-order valence-electron chi connectivity index (χ0n) is 10.8. The van der Waals surface area contributed by atoms with Crippen LogP contribution in [-0.4, -0.2) is 23.9 Å². The summed E-state index contributed by atoms with van der Waals surface area (Å²) in [5, 5.41) is 0. The van der Waals surface area contributed by atoms with Gasteiger partial charge in [0, 0.05) is 13.1 Å². The van der Waals surface area contributed by atoms with Crippen LogP contribution in [0.5, 0.6) is 0 Å². The molecule has 1 rings (SSSR count). The van der Waals surface area contributed by atoms with Crippen molar-refractivity contribution in [3.8, 4) is 0 Å². The van der Waals surface area contributed by atoms with Crippen LogP contribution >= 0.6 is 0 Å². The highest BCUT2D eigenvalue weighted by molar-refractivity contribution is 5.94. The third-order valence-corrected chi connectivity index (χ3v) is 2.87. The summed E-state index contributed by atoms with van der Waals surface area (Å²) >= 11 is 0. The molecule has 17 heavy (non-hydrogen) atoms. The number of aryl methyl sites for hydroxylation is 1. The Morgan fingerprint density at radius 2 is 2.06 bits per heavy atom. The van der Waals surface area contributed by atoms with Crippen LogP contribution in [0.25, 0.3) is 0 Å². The molecule has 0 bridgehead atoms. The Labute approximate surface area is 102 Å². The number of hydrogen-bond donors (Lipinski definition) is 0. The van der Waals surface area contributed by atoms with Gasteiger partial charge in [0.2, 0.25) is 0 Å². The quantitative estimate of drug-likeness (QED) is 0.768. The van der Waals surface area contributed by atoms with Crippen LogP contribution in [0.3, 0.4) is 0 Å². The van der Waals surface area contributed by atoms with Crippen molar-refractivity contribution >= 4 is 5.91 Å². The summed E-state index contributed by atoms with van der Waals surface area (Å²) in [6.45, 7) is 6.98. The van der Waals surface area contributed by atoms with E-state index in [0.717, 1.165) is 12.8 Å². The van der Waals surface area contributed by atoms with E-state index in [4.69, 9.17) is 0 Å². The first-order valence-electron chi connectivity index (χ1n) is 6.16. The lowest BCUT2D eigenvalue weighted by molar-refractivity contribution is 0.0757. The van der Waals surface area contributed by atoms with E-state index in [1.54, 1.807) is 30.0 Å². The van der Waals surface area contributed by atoms with Crippen LogP contribution in [0.4, 0.5) is 4.39 Å². The molecule has 0 aliphatic heterocycles. The second-order valence-corrected chi connectivity index (χ2v) is 4.17. The third-order valence-electron chi connectivity index (χ3n) is 2.87. The fourth-order valence-corrected chi connectivity index (χ4v) is 1.74. The van der Waals surface area contributed by atoms with E-state index >= 15 is 0 Å². The molecule has 0 radical (unpaired) electrons. The Morgan fingerprint density at radius 1 is 1.35 bits per heavy atom. The van der Waals surface area contributed by atoms with Crippen LogP contribution in [0.1, 0.15) is 42.6 Å². The lowest BCUT2D eigenvalue weighted by atomic mass is 10.1. The zero-order valence-corrected chi connectivity index (χ0v) is 10.8. The largest absolute Gasteiger partial charge is 0.339 e. The average molecular weight is 237 g/mol. The molecule has 3 heteroatoms. The Kier molecular flexibility index (Phi) is 5.13. The Bertz CT molecular complexity index is 390. The summed E-state index contributed by atoms with van der Waals surface area (Å²) in [6, 6.07) is 4.95. The highest BCUT2D eigenvalue weighted by atomic mass is 19.1. The van der Waals surface area contributed by atoms with Crippen LogP contribution in [-0.2, 0) is 0 Å². The van der Waals surface area contributed by atoms with Gasteiger partial charge in [0.05, 0.1) is 5.56 Å². The van der Waals surface area contributed by atoms with Crippen molar-refractivity contribution in [3.05, 3.63) is 35.1 Å². The number of unbranched alkanes of at least 4 members (excludes halogenated alkanes) is 1. The predicted octanol–water partition coefficient (Wildman–Crippen LogP) is 3.40. The van der Waals surface area contributed by atoms with Crippen LogP contribution in [0.2, 0.25) is 0 Å². The van der Waals surface area contributed by atoms with E-state index < -0.39 is 5.82 Å². The number of amides is 1. The maximum atomic E-state index is 13.8. The molecule has 0 aromatic heterocycles. The third kappa shape index (κ3) is 3.29. The van der Waals surface area contributed by atoms with E-state index in [1.165, 1.54) is 0 Å². The number of rotatable bonds is 5. The van der Waals surface area contributed by atoms with Gasteiger partial charge in [-0.05, 0) is 31.9 Å². The molecule has 0 saturated heterocycles. The SMILES string of the molecule is CCCCN(CC)C(=O)c1cccc(C)c1F. The van der Waals surface area contributed by atoms with Gasteiger partial charge < -0.3 is 4.90 Å². The Morgan fingerprint density at radius 3 is 2.65 bits per heavy atom. The molecule has 0 saturated carbocycles. The molecule has 0 atom stereocenters. The van der Waals surface area contributed by atoms with Gasteiger partial charge in [-0.2, -0.15) is 0 Å². The lowest BCUT2D eigenvalue weighted by Gasteiger charge is -2.21. The normalized spacial score (nSPS) is 10.4. The van der Waals surface area contributed by atoms with Gasteiger partial charge >= 0.3 is 0 Å². The number of carbonyl (C=O) groups is 1. The topological polar surface area (TPSA) is 20.3 Å². The van der Waals surface area contributed by atoms with Gasteiger partial charge in [-0.25, -0.2) is 4.39 Å². The average Bonchev–Trinajstić information content (AvgIpc) is 2.33. The molecule has 2 nitrogen and oxygen atoms in total. The van der Waals surface area contributed by atoms with Gasteiger partial charge in [0.1, 0.15) is 5.82 Å². The fraction of sp³-hybridized carbons (Fsp3) is 0.500. The molecule has 1 amide bonds. The van der Waals surface area contributed by atoms with Gasteiger partial charge in [0.15, 0.2) is 0 Å². The molecule has 0 N–H and O–H groups in total. The molecule has 1 aromatic rings. The predicted molar refractivity (Wildman–Crippen MR) is 67.6 cm³/mol. The van der Waals surface area contributed by atoms with Gasteiger partial charge in [-0.1, -0.05) is 25.5 Å². The first-order chi connectivity index (χ1) is 8.11. The molecule has 0 heterocycles. The van der Waals surface area contributed by atoms with Crippen LogP contribution < -0.4 is 0 Å². The summed E-state index contributed by atoms with van der Waals surface area (Å²) in [6.07, 6.45) is 1.98. The summed E-state index contributed by atoms with van der Waals surface area (Å²) in [4.78, 5) is 13.8. The minimum absolute atomic E-state index is 0.183. The van der Waals surface area contributed by atoms with Crippen LogP contribution in [0.15, 0.2) is 18.2 Å². The first kappa shape index (κ1) is 13.7. The Hall–Kier alpha value is -1.38. The van der Waals surface area contributed by atoms with Gasteiger partial charge in [0.25, 0.3) is 5.91 Å². The second-order valence-electron chi connectivity index (χ2n) is 4.17. The monoisotopic (exact) mass is 237 g/mol. The fourth-order valence-electron chi connectivity index (χ4n) is 1.74. The van der Waals surface area contributed by atoms with Crippen LogP contribution in [0, 0.1) is 12.7 Å². The lowest BCUT2D eigenvalue weighted by Crippen LogP contribution is -2.32. The van der Waals surface area contributed by atoms with Crippen molar-refractivity contribution in [2.45, 2.75) is 33.6 Å². The molecule has 94 valence electrons. The second kappa shape index (κ2) is 6.38. The molecule has 1 aromatic carbocycles. The van der Waals surface area contributed by atoms with E-state index in [-0.39, 0.29) is 11.5 Å². The van der Waals surface area contributed by atoms with E-state index in [9.17, 15) is 9.18 Å². The highest BCUT2D eigenvalue weighted by Crippen LogP contribution is 2.14. The van der Waals surface area contributed by atoms with Crippen molar-refractivity contribution in [1.82, 2.24) is 4.90 Å². The summed E-state index contributed by atoms with van der Waals surface area (Å²) in [5.74, 6) is -0.602. The minimum Gasteiger partial charge on any atom is -0.339 e. The highest BCUT2D eigenvalue weighted by Gasteiger charge is 2.18. The first-order valence-corrected chi connectivity index (χ1v) is 6.16. The van der Waals surface area contributed by atoms with E-state index in [0.29, 0.717) is 18.7 Å². The molecule has 0 fully saturated rings. The molecular formula is C14H20FNO. The smallest absolute Gasteiger partial charge is 0.256 e. The van der Waals surface area contributed by atoms with Crippen molar-refractivity contribution in [2.75, 3.05) is 13.1 Å². The van der Waals surface area contributed by atoms with Crippen molar-refractivity contribution in [2.24, 2.45) is 0 Å². The summed E-state index contributed by atoms with van der Waals surface area (Å²) in [7, 11) is 0. The summed E-state index contributed by atoms with van der Waals surface area (Å²) < 4.78 is 13.8. The van der Waals surface area contributed by atoms with E-state index in [2.05, 4.69) is 6.92 Å². The zero-order chi connectivity index (χ0) is 12.8. The minimum atomic E-state index is -0.396. The molecular weight excluding hydrogens is 217 g/mol. The van der Waals surface area contributed by atoms with Crippen molar-refractivity contribution in [1.29, 1.82) is 0 Å². The molecule has 0 aliphatic carbocycles.